The van der Waals surface area contributed by atoms with Crippen molar-refractivity contribution in [1.29, 1.82) is 0 Å². The van der Waals surface area contributed by atoms with Crippen LogP contribution in [0.1, 0.15) is 25.3 Å². The Hall–Kier alpha value is -0.910. The maximum atomic E-state index is 5.70. The van der Waals surface area contributed by atoms with E-state index < -0.39 is 0 Å². The van der Waals surface area contributed by atoms with Gasteiger partial charge in [0.2, 0.25) is 0 Å². The molecule has 0 bridgehead atoms. The standard InChI is InChI=1S/C16H23NO3S/c1-16(3-5-18-6-4-16)17-11-12-9-13-14(10-15(12)21-2)20-8-7-19-13/h9-10,17H,3-8,11H2,1-2H3. The molecule has 2 heterocycles. The third-order valence-electron chi connectivity index (χ3n) is 4.25. The molecule has 2 aliphatic rings. The molecule has 116 valence electrons. The molecule has 1 aromatic rings. The number of fused-ring (bicyclic) bond motifs is 1. The molecule has 1 aromatic carbocycles. The second kappa shape index (κ2) is 6.46. The van der Waals surface area contributed by atoms with Crippen LogP contribution in [0.25, 0.3) is 0 Å². The molecular weight excluding hydrogens is 286 g/mol. The van der Waals surface area contributed by atoms with Gasteiger partial charge in [0.1, 0.15) is 13.2 Å². The van der Waals surface area contributed by atoms with Crippen molar-refractivity contribution in [2.45, 2.75) is 36.7 Å². The van der Waals surface area contributed by atoms with Gasteiger partial charge in [0, 0.05) is 30.2 Å². The molecule has 1 fully saturated rings. The minimum absolute atomic E-state index is 0.168. The topological polar surface area (TPSA) is 39.7 Å². The van der Waals surface area contributed by atoms with Crippen molar-refractivity contribution in [2.75, 3.05) is 32.7 Å². The van der Waals surface area contributed by atoms with Crippen molar-refractivity contribution in [3.8, 4) is 11.5 Å². The van der Waals surface area contributed by atoms with E-state index in [0.29, 0.717) is 13.2 Å². The summed E-state index contributed by atoms with van der Waals surface area (Å²) >= 11 is 1.75. The Bertz CT molecular complexity index is 501. The van der Waals surface area contributed by atoms with E-state index in [1.807, 2.05) is 0 Å². The number of rotatable bonds is 4. The van der Waals surface area contributed by atoms with Crippen LogP contribution >= 0.6 is 11.8 Å². The highest BCUT2D eigenvalue weighted by atomic mass is 32.2. The van der Waals surface area contributed by atoms with E-state index in [4.69, 9.17) is 14.2 Å². The number of hydrogen-bond donors (Lipinski definition) is 1. The van der Waals surface area contributed by atoms with Gasteiger partial charge in [-0.2, -0.15) is 0 Å². The van der Waals surface area contributed by atoms with Gasteiger partial charge in [0.25, 0.3) is 0 Å². The molecule has 3 rings (SSSR count). The quantitative estimate of drug-likeness (QED) is 0.866. The third-order valence-corrected chi connectivity index (χ3v) is 5.07. The van der Waals surface area contributed by atoms with E-state index in [-0.39, 0.29) is 5.54 Å². The van der Waals surface area contributed by atoms with Crippen molar-refractivity contribution in [3.63, 3.8) is 0 Å². The van der Waals surface area contributed by atoms with Crippen LogP contribution in [0.15, 0.2) is 17.0 Å². The maximum Gasteiger partial charge on any atom is 0.162 e. The molecule has 21 heavy (non-hydrogen) atoms. The van der Waals surface area contributed by atoms with Crippen LogP contribution in [-0.2, 0) is 11.3 Å². The highest BCUT2D eigenvalue weighted by Crippen LogP contribution is 2.36. The second-order valence-electron chi connectivity index (χ2n) is 5.83. The van der Waals surface area contributed by atoms with Crippen molar-refractivity contribution in [1.82, 2.24) is 5.32 Å². The molecule has 0 aromatic heterocycles. The van der Waals surface area contributed by atoms with Crippen molar-refractivity contribution < 1.29 is 14.2 Å². The minimum Gasteiger partial charge on any atom is -0.486 e. The van der Waals surface area contributed by atoms with Gasteiger partial charge in [0.15, 0.2) is 11.5 Å². The second-order valence-corrected chi connectivity index (χ2v) is 6.68. The van der Waals surface area contributed by atoms with Crippen LogP contribution in [0.5, 0.6) is 11.5 Å². The zero-order valence-corrected chi connectivity index (χ0v) is 13.6. The van der Waals surface area contributed by atoms with Crippen LogP contribution in [0.3, 0.4) is 0 Å². The molecule has 1 saturated heterocycles. The van der Waals surface area contributed by atoms with Gasteiger partial charge >= 0.3 is 0 Å². The average molecular weight is 309 g/mol. The Morgan fingerprint density at radius 1 is 1.10 bits per heavy atom. The normalized spacial score (nSPS) is 20.3. The SMILES string of the molecule is CSc1cc2c(cc1CNC1(C)CCOCC1)OCCO2. The third kappa shape index (κ3) is 3.47. The molecule has 2 aliphatic heterocycles. The highest BCUT2D eigenvalue weighted by molar-refractivity contribution is 7.98. The molecule has 0 saturated carbocycles. The fourth-order valence-corrected chi connectivity index (χ4v) is 3.37. The molecule has 0 radical (unpaired) electrons. The van der Waals surface area contributed by atoms with Gasteiger partial charge in [-0.25, -0.2) is 0 Å². The van der Waals surface area contributed by atoms with Gasteiger partial charge < -0.3 is 19.5 Å². The van der Waals surface area contributed by atoms with E-state index in [1.54, 1.807) is 11.8 Å². The van der Waals surface area contributed by atoms with Gasteiger partial charge in [0.05, 0.1) is 0 Å². The van der Waals surface area contributed by atoms with Gasteiger partial charge in [-0.1, -0.05) is 0 Å². The van der Waals surface area contributed by atoms with E-state index in [0.717, 1.165) is 44.1 Å². The Labute approximate surface area is 130 Å². The van der Waals surface area contributed by atoms with Crippen LogP contribution in [-0.4, -0.2) is 38.2 Å². The Morgan fingerprint density at radius 2 is 1.76 bits per heavy atom. The zero-order valence-electron chi connectivity index (χ0n) is 12.7. The van der Waals surface area contributed by atoms with Crippen molar-refractivity contribution in [3.05, 3.63) is 17.7 Å². The first-order chi connectivity index (χ1) is 10.2. The first kappa shape index (κ1) is 15.0. The van der Waals surface area contributed by atoms with Gasteiger partial charge in [-0.3, -0.25) is 0 Å². The highest BCUT2D eigenvalue weighted by Gasteiger charge is 2.27. The summed E-state index contributed by atoms with van der Waals surface area (Å²) in [4.78, 5) is 1.25. The molecule has 4 nitrogen and oxygen atoms in total. The summed E-state index contributed by atoms with van der Waals surface area (Å²) in [6.45, 7) is 6.10. The van der Waals surface area contributed by atoms with E-state index >= 15 is 0 Å². The first-order valence-corrected chi connectivity index (χ1v) is 8.72. The monoisotopic (exact) mass is 309 g/mol. The predicted molar refractivity (Wildman–Crippen MR) is 84.5 cm³/mol. The molecule has 0 unspecified atom stereocenters. The van der Waals surface area contributed by atoms with Crippen LogP contribution in [0.2, 0.25) is 0 Å². The number of hydrogen-bond acceptors (Lipinski definition) is 5. The maximum absolute atomic E-state index is 5.70. The van der Waals surface area contributed by atoms with Gasteiger partial charge in [-0.15, -0.1) is 11.8 Å². The van der Waals surface area contributed by atoms with Crippen LogP contribution in [0, 0.1) is 0 Å². The van der Waals surface area contributed by atoms with Crippen molar-refractivity contribution >= 4 is 11.8 Å². The minimum atomic E-state index is 0.168. The Morgan fingerprint density at radius 3 is 2.43 bits per heavy atom. The number of benzene rings is 1. The van der Waals surface area contributed by atoms with E-state index in [2.05, 4.69) is 30.6 Å². The summed E-state index contributed by atoms with van der Waals surface area (Å²) in [5.74, 6) is 1.74. The van der Waals surface area contributed by atoms with E-state index in [9.17, 15) is 0 Å². The summed E-state index contributed by atoms with van der Waals surface area (Å²) in [6.07, 6.45) is 4.23. The van der Waals surface area contributed by atoms with E-state index in [1.165, 1.54) is 10.5 Å². The van der Waals surface area contributed by atoms with Crippen LogP contribution in [0.4, 0.5) is 0 Å². The fraction of sp³-hybridized carbons (Fsp3) is 0.625. The average Bonchev–Trinajstić information content (AvgIpc) is 2.53. The molecule has 0 atom stereocenters. The molecule has 0 aliphatic carbocycles. The molecule has 0 spiro atoms. The smallest absolute Gasteiger partial charge is 0.162 e. The van der Waals surface area contributed by atoms with Crippen LogP contribution < -0.4 is 14.8 Å². The lowest BCUT2D eigenvalue weighted by atomic mass is 9.92. The molecule has 5 heteroatoms. The number of thioether (sulfide) groups is 1. The Kier molecular flexibility index (Phi) is 4.62. The largest absolute Gasteiger partial charge is 0.486 e. The predicted octanol–water partition coefficient (Wildman–Crippen LogP) is 2.84. The molecule has 0 amide bonds. The van der Waals surface area contributed by atoms with Gasteiger partial charge in [-0.05, 0) is 43.7 Å². The summed E-state index contributed by atoms with van der Waals surface area (Å²) in [5.41, 5.74) is 1.45. The summed E-state index contributed by atoms with van der Waals surface area (Å²) in [7, 11) is 0. The molecular formula is C16H23NO3S. The molecule has 1 N–H and O–H groups in total. The lowest BCUT2D eigenvalue weighted by Crippen LogP contribution is -2.46. The lowest BCUT2D eigenvalue weighted by molar-refractivity contribution is 0.0445. The number of nitrogens with one attached hydrogen (secondary N) is 1. The number of ether oxygens (including phenoxy) is 3. The first-order valence-electron chi connectivity index (χ1n) is 7.49. The summed E-state index contributed by atoms with van der Waals surface area (Å²) in [5, 5.41) is 3.71. The lowest BCUT2D eigenvalue weighted by Gasteiger charge is -2.35. The Balaban J connectivity index is 1.74. The van der Waals surface area contributed by atoms with Crippen molar-refractivity contribution in [2.24, 2.45) is 0 Å². The fourth-order valence-electron chi connectivity index (χ4n) is 2.75. The zero-order chi connectivity index (χ0) is 14.7. The summed E-state index contributed by atoms with van der Waals surface area (Å²) in [6, 6.07) is 4.22. The summed E-state index contributed by atoms with van der Waals surface area (Å²) < 4.78 is 16.8.